The smallest absolute Gasteiger partial charge is 0.268 e. The van der Waals surface area contributed by atoms with Gasteiger partial charge in [0.1, 0.15) is 5.56 Å². The predicted octanol–water partition coefficient (Wildman–Crippen LogP) is 4.65. The molecule has 0 radical (unpaired) electrons. The van der Waals surface area contributed by atoms with Crippen molar-refractivity contribution >= 4 is 33.0 Å². The molecule has 208 valence electrons. The number of nitrogens with zero attached hydrogens (tertiary/aromatic N) is 1. The van der Waals surface area contributed by atoms with Crippen molar-refractivity contribution in [1.82, 2.24) is 9.97 Å². The van der Waals surface area contributed by atoms with E-state index in [2.05, 4.69) is 105 Å². The van der Waals surface area contributed by atoms with Gasteiger partial charge in [-0.1, -0.05) is 107 Å². The van der Waals surface area contributed by atoms with Gasteiger partial charge in [0.2, 0.25) is 0 Å². The van der Waals surface area contributed by atoms with Gasteiger partial charge in [0, 0.05) is 13.0 Å². The molecule has 2 aromatic carbocycles. The number of benzene rings is 2. The zero-order valence-electron chi connectivity index (χ0n) is 24.3. The first-order valence-corrected chi connectivity index (χ1v) is 18.3. The highest BCUT2D eigenvalue weighted by molar-refractivity contribution is 6.99. The first-order valence-electron chi connectivity index (χ1n) is 13.5. The van der Waals surface area contributed by atoms with Gasteiger partial charge < -0.3 is 15.0 Å². The van der Waals surface area contributed by atoms with Gasteiger partial charge in [-0.15, -0.1) is 0 Å². The number of aromatic amines is 1. The standard InChI is InChI=1S/C31H43N3O3Si2/c1-30(2,3)39(26-17-10-8-11-18-26,27-19-12-9-13-20-27)37-23-24(21-31(4,5)38(6,7)36)15-14-16-25-22-33-29(32)34-28(25)35/h8-13,17-20,22,24,36H,15,21,23H2,1-7H3,(H3,32,33,34,35)/t24-/m1/s1. The fourth-order valence-electron chi connectivity index (χ4n) is 4.95. The van der Waals surface area contributed by atoms with Gasteiger partial charge in [0.25, 0.3) is 13.9 Å². The van der Waals surface area contributed by atoms with Crippen molar-refractivity contribution in [2.45, 2.75) is 70.6 Å². The van der Waals surface area contributed by atoms with Crippen LogP contribution in [0, 0.1) is 17.8 Å². The van der Waals surface area contributed by atoms with Crippen molar-refractivity contribution in [3.63, 3.8) is 0 Å². The quantitative estimate of drug-likeness (QED) is 0.261. The predicted molar refractivity (Wildman–Crippen MR) is 166 cm³/mol. The van der Waals surface area contributed by atoms with E-state index in [4.69, 9.17) is 10.2 Å². The monoisotopic (exact) mass is 561 g/mol. The molecule has 0 unspecified atom stereocenters. The van der Waals surface area contributed by atoms with Crippen molar-refractivity contribution in [1.29, 1.82) is 0 Å². The molecular weight excluding hydrogens is 519 g/mol. The highest BCUT2D eigenvalue weighted by Gasteiger charge is 2.50. The Morgan fingerprint density at radius 1 is 1.00 bits per heavy atom. The highest BCUT2D eigenvalue weighted by Crippen LogP contribution is 2.43. The van der Waals surface area contributed by atoms with E-state index in [9.17, 15) is 9.59 Å². The van der Waals surface area contributed by atoms with Gasteiger partial charge in [-0.25, -0.2) is 4.98 Å². The number of hydrogen-bond acceptors (Lipinski definition) is 5. The zero-order valence-corrected chi connectivity index (χ0v) is 26.3. The first-order chi connectivity index (χ1) is 18.2. The summed E-state index contributed by atoms with van der Waals surface area (Å²) in [7, 11) is -5.21. The Kier molecular flexibility index (Phi) is 9.45. The summed E-state index contributed by atoms with van der Waals surface area (Å²) < 4.78 is 7.24. The maximum Gasteiger partial charge on any atom is 0.268 e. The van der Waals surface area contributed by atoms with Crippen LogP contribution >= 0.6 is 0 Å². The first kappa shape index (κ1) is 30.6. The summed E-state index contributed by atoms with van der Waals surface area (Å²) in [5, 5.41) is 2.05. The second-order valence-electron chi connectivity index (χ2n) is 12.5. The normalized spacial score (nSPS) is 13.4. The van der Waals surface area contributed by atoms with E-state index in [0.29, 0.717) is 13.0 Å². The van der Waals surface area contributed by atoms with Crippen LogP contribution in [0.1, 0.15) is 53.0 Å². The van der Waals surface area contributed by atoms with Gasteiger partial charge in [0.15, 0.2) is 14.3 Å². The van der Waals surface area contributed by atoms with Gasteiger partial charge in [0.05, 0.1) is 6.20 Å². The summed E-state index contributed by atoms with van der Waals surface area (Å²) in [4.78, 5) is 29.8. The number of H-pyrrole nitrogens is 1. The van der Waals surface area contributed by atoms with Crippen LogP contribution in [0.4, 0.5) is 5.95 Å². The van der Waals surface area contributed by atoms with E-state index in [1.165, 1.54) is 16.6 Å². The molecule has 0 amide bonds. The minimum atomic E-state index is -2.73. The summed E-state index contributed by atoms with van der Waals surface area (Å²) in [6.07, 6.45) is 2.69. The van der Waals surface area contributed by atoms with Crippen molar-refractivity contribution in [3.8, 4) is 11.8 Å². The molecule has 0 aliphatic heterocycles. The number of hydrogen-bond donors (Lipinski definition) is 3. The van der Waals surface area contributed by atoms with Crippen molar-refractivity contribution in [2.24, 2.45) is 5.92 Å². The second kappa shape index (κ2) is 12.0. The minimum Gasteiger partial charge on any atom is -0.432 e. The molecule has 0 saturated heterocycles. The van der Waals surface area contributed by atoms with Gasteiger partial charge >= 0.3 is 0 Å². The third kappa shape index (κ3) is 7.17. The number of anilines is 1. The molecule has 0 saturated carbocycles. The van der Waals surface area contributed by atoms with Crippen LogP contribution in [-0.2, 0) is 4.43 Å². The third-order valence-corrected chi connectivity index (χ3v) is 16.4. The highest BCUT2D eigenvalue weighted by atomic mass is 28.4. The van der Waals surface area contributed by atoms with E-state index < -0.39 is 16.6 Å². The molecule has 0 fully saturated rings. The molecule has 4 N–H and O–H groups in total. The van der Waals surface area contributed by atoms with Crippen molar-refractivity contribution in [2.75, 3.05) is 12.3 Å². The fraction of sp³-hybridized carbons (Fsp3) is 0.419. The Hall–Kier alpha value is -2.97. The second-order valence-corrected chi connectivity index (χ2v) is 21.3. The lowest BCUT2D eigenvalue weighted by atomic mass is 9.94. The van der Waals surface area contributed by atoms with Crippen LogP contribution in [-0.4, -0.2) is 38.0 Å². The molecule has 0 aliphatic carbocycles. The van der Waals surface area contributed by atoms with Crippen LogP contribution in [0.2, 0.25) is 23.2 Å². The number of rotatable bonds is 9. The Balaban J connectivity index is 2.02. The van der Waals surface area contributed by atoms with Crippen LogP contribution in [0.5, 0.6) is 0 Å². The van der Waals surface area contributed by atoms with Crippen LogP contribution in [0.15, 0.2) is 71.7 Å². The molecule has 39 heavy (non-hydrogen) atoms. The Morgan fingerprint density at radius 3 is 2.00 bits per heavy atom. The molecule has 1 atom stereocenters. The number of nitrogen functional groups attached to an aromatic ring is 1. The molecule has 0 spiro atoms. The van der Waals surface area contributed by atoms with E-state index in [1.807, 2.05) is 25.2 Å². The van der Waals surface area contributed by atoms with Crippen LogP contribution in [0.3, 0.4) is 0 Å². The van der Waals surface area contributed by atoms with Crippen LogP contribution < -0.4 is 21.7 Å². The van der Waals surface area contributed by atoms with Crippen molar-refractivity contribution in [3.05, 3.63) is 82.8 Å². The van der Waals surface area contributed by atoms with E-state index in [1.54, 1.807) is 0 Å². The fourth-order valence-corrected chi connectivity index (χ4v) is 10.4. The lowest BCUT2D eigenvalue weighted by Crippen LogP contribution is -2.67. The summed E-state index contributed by atoms with van der Waals surface area (Å²) in [6.45, 7) is 15.5. The van der Waals surface area contributed by atoms with Gasteiger partial charge in [-0.2, -0.15) is 0 Å². The topological polar surface area (TPSA) is 101 Å². The van der Waals surface area contributed by atoms with Crippen molar-refractivity contribution < 1.29 is 9.22 Å². The van der Waals surface area contributed by atoms with Crippen LogP contribution in [0.25, 0.3) is 0 Å². The number of nitrogens with two attached hydrogens (primary N) is 1. The summed E-state index contributed by atoms with van der Waals surface area (Å²) in [5.74, 6) is 6.31. The zero-order chi connectivity index (χ0) is 28.9. The Labute approximate surface area is 235 Å². The Bertz CT molecular complexity index is 1310. The average molecular weight is 562 g/mol. The molecule has 1 heterocycles. The lowest BCUT2D eigenvalue weighted by Gasteiger charge is -2.44. The number of aromatic nitrogens is 2. The number of nitrogens with one attached hydrogen (secondary N) is 1. The molecule has 0 aliphatic rings. The minimum absolute atomic E-state index is 0.0499. The van der Waals surface area contributed by atoms with E-state index in [0.717, 1.165) is 6.42 Å². The van der Waals surface area contributed by atoms with Gasteiger partial charge in [-0.05, 0) is 45.9 Å². The molecule has 1 aromatic heterocycles. The molecule has 3 rings (SSSR count). The maximum atomic E-state index is 12.2. The Morgan fingerprint density at radius 2 is 1.54 bits per heavy atom. The molecule has 6 nitrogen and oxygen atoms in total. The summed E-state index contributed by atoms with van der Waals surface area (Å²) in [6, 6.07) is 21.2. The molecular formula is C31H43N3O3Si2. The largest absolute Gasteiger partial charge is 0.432 e. The van der Waals surface area contributed by atoms with Gasteiger partial charge in [-0.3, -0.25) is 9.78 Å². The molecule has 3 aromatic rings. The molecule has 0 bridgehead atoms. The SMILES string of the molecule is CC(C)(C[C@@H](CC#Cc1cnc(N)[nH]c1=O)CO[Si](c1ccccc1)(c1ccccc1)C(C)(C)C)[Si](C)(C)O. The average Bonchev–Trinajstić information content (AvgIpc) is 2.85. The lowest BCUT2D eigenvalue weighted by molar-refractivity contribution is 0.215. The van der Waals surface area contributed by atoms with E-state index >= 15 is 0 Å². The molecule has 8 heteroatoms. The summed E-state index contributed by atoms with van der Waals surface area (Å²) >= 11 is 0. The van der Waals surface area contributed by atoms with E-state index in [-0.39, 0.29) is 33.1 Å². The summed E-state index contributed by atoms with van der Waals surface area (Å²) in [5.41, 5.74) is 5.51. The maximum absolute atomic E-state index is 12.2. The third-order valence-electron chi connectivity index (χ3n) is 7.84.